The maximum absolute atomic E-state index is 9.23. The molecule has 15 heavy (non-hydrogen) atoms. The Labute approximate surface area is 94.0 Å². The summed E-state index contributed by atoms with van der Waals surface area (Å²) in [6.45, 7) is 5.76. The largest absolute Gasteiger partial charge is 0.366 e. The van der Waals surface area contributed by atoms with E-state index in [0.29, 0.717) is 6.61 Å². The molecule has 0 heterocycles. The molecule has 0 aliphatic rings. The van der Waals surface area contributed by atoms with Gasteiger partial charge in [0.2, 0.25) is 0 Å². The minimum absolute atomic E-state index is 0.318. The van der Waals surface area contributed by atoms with Crippen LogP contribution in [0, 0.1) is 11.8 Å². The molecule has 0 amide bonds. The Kier molecular flexibility index (Phi) is 8.46. The first-order chi connectivity index (χ1) is 7.06. The second-order valence-corrected chi connectivity index (χ2v) is 4.25. The fourth-order valence-corrected chi connectivity index (χ4v) is 1.17. The van der Waals surface area contributed by atoms with E-state index in [4.69, 9.17) is 4.74 Å². The van der Waals surface area contributed by atoms with Gasteiger partial charge in [-0.1, -0.05) is 38.5 Å². The summed E-state index contributed by atoms with van der Waals surface area (Å²) in [6, 6.07) is 0. The van der Waals surface area contributed by atoms with Crippen LogP contribution in [0.2, 0.25) is 0 Å². The van der Waals surface area contributed by atoms with Gasteiger partial charge in [-0.25, -0.2) is 0 Å². The third kappa shape index (κ3) is 13.5. The van der Waals surface area contributed by atoms with Gasteiger partial charge in [0, 0.05) is 6.42 Å². The second-order valence-electron chi connectivity index (χ2n) is 4.25. The first kappa shape index (κ1) is 14.5. The van der Waals surface area contributed by atoms with Gasteiger partial charge in [-0.15, -0.1) is 5.92 Å². The Hall–Kier alpha value is -0.520. The predicted octanol–water partition coefficient (Wildman–Crippen LogP) is 3.10. The summed E-state index contributed by atoms with van der Waals surface area (Å²) < 4.78 is 5.06. The van der Waals surface area contributed by atoms with Crippen LogP contribution in [0.25, 0.3) is 0 Å². The van der Waals surface area contributed by atoms with Crippen molar-refractivity contribution >= 4 is 0 Å². The number of hydrogen-bond acceptors (Lipinski definition) is 2. The summed E-state index contributed by atoms with van der Waals surface area (Å²) in [5.41, 5.74) is 0. The summed E-state index contributed by atoms with van der Waals surface area (Å²) >= 11 is 0. The maximum Gasteiger partial charge on any atom is 0.161 e. The molecular formula is C13H24O2. The van der Waals surface area contributed by atoms with Gasteiger partial charge >= 0.3 is 0 Å². The van der Waals surface area contributed by atoms with Gasteiger partial charge < -0.3 is 9.84 Å². The minimum Gasteiger partial charge on any atom is -0.366 e. The van der Waals surface area contributed by atoms with E-state index in [1.807, 2.05) is 0 Å². The molecule has 0 aliphatic carbocycles. The number of hydrogen-bond donors (Lipinski definition) is 1. The van der Waals surface area contributed by atoms with Crippen LogP contribution >= 0.6 is 0 Å². The molecule has 1 N–H and O–H groups in total. The normalized spacial score (nSPS) is 10.9. The topological polar surface area (TPSA) is 29.5 Å². The smallest absolute Gasteiger partial charge is 0.161 e. The third-order valence-electron chi connectivity index (χ3n) is 2.03. The quantitative estimate of drug-likeness (QED) is 0.399. The van der Waals surface area contributed by atoms with Crippen LogP contribution in [0.3, 0.4) is 0 Å². The molecule has 0 atom stereocenters. The van der Waals surface area contributed by atoms with Crippen molar-refractivity contribution in [1.82, 2.24) is 0 Å². The van der Waals surface area contributed by atoms with Crippen LogP contribution in [-0.4, -0.2) is 17.5 Å². The summed E-state index contributed by atoms with van der Waals surface area (Å²) in [4.78, 5) is 0. The van der Waals surface area contributed by atoms with E-state index in [1.54, 1.807) is 13.8 Å². The lowest BCUT2D eigenvalue weighted by Crippen LogP contribution is -2.23. The van der Waals surface area contributed by atoms with E-state index in [-0.39, 0.29) is 0 Å². The van der Waals surface area contributed by atoms with Crippen molar-refractivity contribution in [2.45, 2.75) is 65.1 Å². The molecule has 2 nitrogen and oxygen atoms in total. The zero-order chi connectivity index (χ0) is 11.6. The van der Waals surface area contributed by atoms with Crippen molar-refractivity contribution in [2.75, 3.05) is 6.61 Å². The monoisotopic (exact) mass is 212 g/mol. The molecule has 0 rings (SSSR count). The molecule has 0 saturated carbocycles. The lowest BCUT2D eigenvalue weighted by Gasteiger charge is -2.15. The van der Waals surface area contributed by atoms with Crippen molar-refractivity contribution in [1.29, 1.82) is 0 Å². The number of ether oxygens (including phenoxy) is 1. The molecule has 0 radical (unpaired) electrons. The first-order valence-corrected chi connectivity index (χ1v) is 5.88. The van der Waals surface area contributed by atoms with Gasteiger partial charge in [0.05, 0.1) is 0 Å². The number of aliphatic hydroxyl groups is 1. The Balaban J connectivity index is 3.25. The SMILES string of the molecule is CCCCCCCC#CCOC(C)(C)O. The molecule has 2 heteroatoms. The highest BCUT2D eigenvalue weighted by Crippen LogP contribution is 2.04. The minimum atomic E-state index is -1.06. The zero-order valence-electron chi connectivity index (χ0n) is 10.3. The average Bonchev–Trinajstić information content (AvgIpc) is 2.14. The van der Waals surface area contributed by atoms with E-state index in [1.165, 1.54) is 32.1 Å². The Morgan fingerprint density at radius 3 is 2.33 bits per heavy atom. The van der Waals surface area contributed by atoms with Crippen molar-refractivity contribution in [3.05, 3.63) is 0 Å². The highest BCUT2D eigenvalue weighted by atomic mass is 16.6. The Morgan fingerprint density at radius 2 is 1.73 bits per heavy atom. The van der Waals surface area contributed by atoms with Crippen molar-refractivity contribution in [2.24, 2.45) is 0 Å². The van der Waals surface area contributed by atoms with E-state index in [0.717, 1.165) is 6.42 Å². The summed E-state index contributed by atoms with van der Waals surface area (Å²) in [5, 5.41) is 9.23. The lowest BCUT2D eigenvalue weighted by atomic mass is 10.1. The number of rotatable bonds is 7. The third-order valence-corrected chi connectivity index (χ3v) is 2.03. The van der Waals surface area contributed by atoms with E-state index in [9.17, 15) is 5.11 Å². The van der Waals surface area contributed by atoms with Crippen LogP contribution < -0.4 is 0 Å². The zero-order valence-corrected chi connectivity index (χ0v) is 10.3. The molecule has 0 fully saturated rings. The fourth-order valence-electron chi connectivity index (χ4n) is 1.17. The summed E-state index contributed by atoms with van der Waals surface area (Å²) in [6.07, 6.45) is 7.32. The standard InChI is InChI=1S/C13H24O2/c1-4-5-6-7-8-9-10-11-12-15-13(2,3)14/h14H,4-9,12H2,1-3H3. The lowest BCUT2D eigenvalue weighted by molar-refractivity contribution is -0.166. The molecule has 0 unspecified atom stereocenters. The van der Waals surface area contributed by atoms with E-state index in [2.05, 4.69) is 18.8 Å². The average molecular weight is 212 g/mol. The van der Waals surface area contributed by atoms with Crippen molar-refractivity contribution in [3.8, 4) is 11.8 Å². The molecule has 0 aromatic carbocycles. The second kappa shape index (κ2) is 8.76. The van der Waals surface area contributed by atoms with Crippen LogP contribution in [-0.2, 0) is 4.74 Å². The summed E-state index contributed by atoms with van der Waals surface area (Å²) in [7, 11) is 0. The van der Waals surface area contributed by atoms with Gasteiger partial charge in [-0.3, -0.25) is 0 Å². The van der Waals surface area contributed by atoms with Gasteiger partial charge in [0.25, 0.3) is 0 Å². The molecule has 0 aromatic rings. The van der Waals surface area contributed by atoms with Crippen LogP contribution in [0.1, 0.15) is 59.3 Å². The molecule has 0 saturated heterocycles. The Bertz CT molecular complexity index is 193. The van der Waals surface area contributed by atoms with Crippen molar-refractivity contribution in [3.63, 3.8) is 0 Å². The molecule has 88 valence electrons. The molecular weight excluding hydrogens is 188 g/mol. The first-order valence-electron chi connectivity index (χ1n) is 5.88. The van der Waals surface area contributed by atoms with Gasteiger partial charge in [0.1, 0.15) is 6.61 Å². The van der Waals surface area contributed by atoms with Gasteiger partial charge in [-0.05, 0) is 20.3 Å². The van der Waals surface area contributed by atoms with E-state index >= 15 is 0 Å². The van der Waals surface area contributed by atoms with Gasteiger partial charge in [0.15, 0.2) is 5.79 Å². The van der Waals surface area contributed by atoms with Crippen LogP contribution in [0.4, 0.5) is 0 Å². The molecule has 0 spiro atoms. The van der Waals surface area contributed by atoms with Crippen LogP contribution in [0.15, 0.2) is 0 Å². The highest BCUT2D eigenvalue weighted by molar-refractivity contribution is 4.99. The fraction of sp³-hybridized carbons (Fsp3) is 0.846. The maximum atomic E-state index is 9.23. The van der Waals surface area contributed by atoms with E-state index < -0.39 is 5.79 Å². The molecule has 0 aliphatic heterocycles. The highest BCUT2D eigenvalue weighted by Gasteiger charge is 2.10. The van der Waals surface area contributed by atoms with Crippen LogP contribution in [0.5, 0.6) is 0 Å². The summed E-state index contributed by atoms with van der Waals surface area (Å²) in [5.74, 6) is 4.89. The Morgan fingerprint density at radius 1 is 1.07 bits per heavy atom. The molecule has 0 aromatic heterocycles. The predicted molar refractivity (Wildman–Crippen MR) is 63.4 cm³/mol. The molecule has 0 bridgehead atoms. The number of unbranched alkanes of at least 4 members (excludes halogenated alkanes) is 5. The van der Waals surface area contributed by atoms with Crippen molar-refractivity contribution < 1.29 is 9.84 Å². The van der Waals surface area contributed by atoms with Gasteiger partial charge in [-0.2, -0.15) is 0 Å².